The van der Waals surface area contributed by atoms with E-state index in [4.69, 9.17) is 9.47 Å². The molecular formula is C21H22FN3O4S2. The number of nitrogens with zero attached hydrogens (tertiary/aromatic N) is 3. The monoisotopic (exact) mass is 463 g/mol. The number of methoxy groups -OCH3 is 2. The third-order valence-electron chi connectivity index (χ3n) is 5.25. The summed E-state index contributed by atoms with van der Waals surface area (Å²) < 4.78 is 51.9. The van der Waals surface area contributed by atoms with E-state index in [1.54, 1.807) is 7.11 Å². The normalized spacial score (nSPS) is 17.5. The van der Waals surface area contributed by atoms with E-state index in [0.717, 1.165) is 33.8 Å². The van der Waals surface area contributed by atoms with Gasteiger partial charge in [-0.2, -0.15) is 4.31 Å². The topological polar surface area (TPSA) is 81.6 Å². The summed E-state index contributed by atoms with van der Waals surface area (Å²) in [6, 6.07) is 11.1. The van der Waals surface area contributed by atoms with E-state index in [9.17, 15) is 12.8 Å². The predicted molar refractivity (Wildman–Crippen MR) is 116 cm³/mol. The van der Waals surface area contributed by atoms with Crippen molar-refractivity contribution in [3.05, 3.63) is 53.3 Å². The minimum absolute atomic E-state index is 0.0763. The first kappa shape index (κ1) is 21.7. The molecule has 0 amide bonds. The van der Waals surface area contributed by atoms with Crippen LogP contribution in [-0.2, 0) is 10.0 Å². The van der Waals surface area contributed by atoms with Crippen LogP contribution in [0.3, 0.4) is 0 Å². The zero-order chi connectivity index (χ0) is 22.0. The number of benzene rings is 2. The van der Waals surface area contributed by atoms with Crippen molar-refractivity contribution >= 4 is 21.4 Å². The summed E-state index contributed by atoms with van der Waals surface area (Å²) in [4.78, 5) is -0.160. The van der Waals surface area contributed by atoms with E-state index >= 15 is 0 Å². The van der Waals surface area contributed by atoms with E-state index in [-0.39, 0.29) is 23.1 Å². The molecule has 1 aliphatic rings. The van der Waals surface area contributed by atoms with Gasteiger partial charge in [0.15, 0.2) is 0 Å². The van der Waals surface area contributed by atoms with Crippen LogP contribution in [0.25, 0.3) is 10.6 Å². The van der Waals surface area contributed by atoms with Gasteiger partial charge in [0, 0.05) is 24.6 Å². The molecule has 10 heteroatoms. The highest BCUT2D eigenvalue weighted by molar-refractivity contribution is 7.89. The average molecular weight is 464 g/mol. The zero-order valence-corrected chi connectivity index (χ0v) is 18.7. The van der Waals surface area contributed by atoms with Crippen LogP contribution < -0.4 is 9.47 Å². The smallest absolute Gasteiger partial charge is 0.246 e. The van der Waals surface area contributed by atoms with Gasteiger partial charge in [-0.05, 0) is 55.3 Å². The molecule has 2 aromatic carbocycles. The molecule has 1 saturated heterocycles. The third-order valence-corrected chi connectivity index (χ3v) is 8.28. The van der Waals surface area contributed by atoms with Crippen LogP contribution in [0.2, 0.25) is 0 Å². The predicted octanol–water partition coefficient (Wildman–Crippen LogP) is 3.93. The van der Waals surface area contributed by atoms with Crippen molar-refractivity contribution in [2.75, 3.05) is 27.3 Å². The molecule has 0 N–H and O–H groups in total. The SMILES string of the molecule is COc1ccc(-c2nnc(C3CCCN(S(=O)(=O)c4cc(F)ccc4OC)C3)s2)cc1. The molecule has 0 radical (unpaired) electrons. The molecule has 3 aromatic rings. The van der Waals surface area contributed by atoms with Crippen molar-refractivity contribution in [1.82, 2.24) is 14.5 Å². The highest BCUT2D eigenvalue weighted by Crippen LogP contribution is 2.36. The quantitative estimate of drug-likeness (QED) is 0.551. The summed E-state index contributed by atoms with van der Waals surface area (Å²) in [6.07, 6.45) is 1.49. The van der Waals surface area contributed by atoms with Crippen molar-refractivity contribution in [2.24, 2.45) is 0 Å². The Hall–Kier alpha value is -2.56. The summed E-state index contributed by atoms with van der Waals surface area (Å²) in [6.45, 7) is 0.627. The standard InChI is InChI=1S/C21H22FN3O4S2/c1-28-17-8-5-14(6-9-17)20-23-24-21(30-20)15-4-3-11-25(13-15)31(26,27)19-12-16(22)7-10-18(19)29-2/h5-10,12,15H,3-4,11,13H2,1-2H3. The van der Waals surface area contributed by atoms with Crippen molar-refractivity contribution in [2.45, 2.75) is 23.7 Å². The first-order chi connectivity index (χ1) is 14.9. The molecule has 4 rings (SSSR count). The van der Waals surface area contributed by atoms with Gasteiger partial charge in [0.25, 0.3) is 0 Å². The molecule has 7 nitrogen and oxygen atoms in total. The van der Waals surface area contributed by atoms with E-state index in [0.29, 0.717) is 13.0 Å². The molecule has 164 valence electrons. The van der Waals surface area contributed by atoms with Crippen molar-refractivity contribution in [3.63, 3.8) is 0 Å². The second-order valence-corrected chi connectivity index (χ2v) is 10.1. The Morgan fingerprint density at radius 2 is 1.87 bits per heavy atom. The summed E-state index contributed by atoms with van der Waals surface area (Å²) in [7, 11) is -0.931. The van der Waals surface area contributed by atoms with Gasteiger partial charge < -0.3 is 9.47 Å². The van der Waals surface area contributed by atoms with Crippen LogP contribution in [0.5, 0.6) is 11.5 Å². The van der Waals surface area contributed by atoms with Gasteiger partial charge in [-0.3, -0.25) is 0 Å². The van der Waals surface area contributed by atoms with Crippen LogP contribution in [0.15, 0.2) is 47.4 Å². The maximum atomic E-state index is 13.8. The molecule has 2 heterocycles. The summed E-state index contributed by atoms with van der Waals surface area (Å²) in [5.41, 5.74) is 0.925. The number of rotatable bonds is 6. The lowest BCUT2D eigenvalue weighted by Gasteiger charge is -2.31. The number of halogens is 1. The molecule has 0 spiro atoms. The van der Waals surface area contributed by atoms with Crippen LogP contribution in [-0.4, -0.2) is 50.2 Å². The number of hydrogen-bond acceptors (Lipinski definition) is 7. The second kappa shape index (κ2) is 8.89. The highest BCUT2D eigenvalue weighted by atomic mass is 32.2. The molecule has 1 unspecified atom stereocenters. The average Bonchev–Trinajstić information content (AvgIpc) is 3.29. The molecule has 1 aromatic heterocycles. The van der Waals surface area contributed by atoms with Crippen molar-refractivity contribution < 1.29 is 22.3 Å². The van der Waals surface area contributed by atoms with Gasteiger partial charge in [0.1, 0.15) is 32.2 Å². The Morgan fingerprint density at radius 3 is 2.58 bits per heavy atom. The zero-order valence-electron chi connectivity index (χ0n) is 17.1. The Balaban J connectivity index is 1.56. The van der Waals surface area contributed by atoms with Crippen LogP contribution in [0.1, 0.15) is 23.8 Å². The Labute approximate surface area is 184 Å². The molecule has 0 aliphatic carbocycles. The molecule has 0 saturated carbocycles. The van der Waals surface area contributed by atoms with Gasteiger partial charge >= 0.3 is 0 Å². The number of ether oxygens (including phenoxy) is 2. The van der Waals surface area contributed by atoms with E-state index < -0.39 is 15.8 Å². The number of sulfonamides is 1. The first-order valence-electron chi connectivity index (χ1n) is 9.74. The van der Waals surface area contributed by atoms with Gasteiger partial charge in [-0.15, -0.1) is 10.2 Å². The number of hydrogen-bond donors (Lipinski definition) is 0. The third kappa shape index (κ3) is 4.41. The lowest BCUT2D eigenvalue weighted by Crippen LogP contribution is -2.39. The fraction of sp³-hybridized carbons (Fsp3) is 0.333. The van der Waals surface area contributed by atoms with Gasteiger partial charge in [0.2, 0.25) is 10.0 Å². The largest absolute Gasteiger partial charge is 0.497 e. The minimum Gasteiger partial charge on any atom is -0.497 e. The summed E-state index contributed by atoms with van der Waals surface area (Å²) >= 11 is 1.46. The Kier molecular flexibility index (Phi) is 6.22. The van der Waals surface area contributed by atoms with Crippen LogP contribution in [0.4, 0.5) is 4.39 Å². The lowest BCUT2D eigenvalue weighted by atomic mass is 10.0. The van der Waals surface area contributed by atoms with Crippen LogP contribution in [0, 0.1) is 5.82 Å². The summed E-state index contributed by atoms with van der Waals surface area (Å²) in [5, 5.41) is 10.2. The fourth-order valence-corrected chi connectivity index (χ4v) is 6.27. The minimum atomic E-state index is -3.91. The highest BCUT2D eigenvalue weighted by Gasteiger charge is 2.34. The molecule has 1 aliphatic heterocycles. The maximum absolute atomic E-state index is 13.8. The maximum Gasteiger partial charge on any atom is 0.246 e. The van der Waals surface area contributed by atoms with Gasteiger partial charge in [0.05, 0.1) is 14.2 Å². The lowest BCUT2D eigenvalue weighted by molar-refractivity contribution is 0.312. The van der Waals surface area contributed by atoms with E-state index in [1.165, 1.54) is 34.9 Å². The van der Waals surface area contributed by atoms with E-state index in [1.807, 2.05) is 24.3 Å². The fourth-order valence-electron chi connectivity index (χ4n) is 3.60. The molecule has 31 heavy (non-hydrogen) atoms. The van der Waals surface area contributed by atoms with Gasteiger partial charge in [-0.25, -0.2) is 12.8 Å². The number of piperidine rings is 1. The number of aromatic nitrogens is 2. The summed E-state index contributed by atoms with van der Waals surface area (Å²) in [5.74, 6) is 0.185. The molecule has 1 atom stereocenters. The second-order valence-electron chi connectivity index (χ2n) is 7.17. The molecular weight excluding hydrogens is 441 g/mol. The molecule has 0 bridgehead atoms. The van der Waals surface area contributed by atoms with Crippen molar-refractivity contribution in [3.8, 4) is 22.1 Å². The Bertz CT molecular complexity index is 1170. The van der Waals surface area contributed by atoms with Gasteiger partial charge in [-0.1, -0.05) is 11.3 Å². The molecule has 1 fully saturated rings. The van der Waals surface area contributed by atoms with E-state index in [2.05, 4.69) is 10.2 Å². The first-order valence-corrected chi connectivity index (χ1v) is 12.0. The van der Waals surface area contributed by atoms with Crippen LogP contribution >= 0.6 is 11.3 Å². The Morgan fingerprint density at radius 1 is 1.10 bits per heavy atom. The van der Waals surface area contributed by atoms with Crippen molar-refractivity contribution in [1.29, 1.82) is 0 Å².